The normalized spacial score (nSPS) is 16.9. The second-order valence-corrected chi connectivity index (χ2v) is 6.88. The molecule has 1 atom stereocenters. The van der Waals surface area contributed by atoms with Crippen molar-refractivity contribution in [2.45, 2.75) is 39.0 Å². The number of rotatable bonds is 1. The molecule has 0 bridgehead atoms. The summed E-state index contributed by atoms with van der Waals surface area (Å²) in [5, 5.41) is 0. The predicted molar refractivity (Wildman–Crippen MR) is 86.2 cm³/mol. The van der Waals surface area contributed by atoms with Gasteiger partial charge in [-0.25, -0.2) is 0 Å². The molecule has 104 valence electrons. The molecule has 2 aromatic rings. The van der Waals surface area contributed by atoms with Crippen LogP contribution in [0.3, 0.4) is 0 Å². The number of benzene rings is 2. The van der Waals surface area contributed by atoms with Gasteiger partial charge >= 0.3 is 0 Å². The third kappa shape index (κ3) is 1.89. The number of fused-ring (bicyclic) bond motifs is 3. The third-order valence-electron chi connectivity index (χ3n) is 4.48. The maximum Gasteiger partial charge on any atom is 0.0225 e. The van der Waals surface area contributed by atoms with Crippen LogP contribution in [0.5, 0.6) is 0 Å². The SMILES string of the molecule is Cc1cccc2c1-c1ccc(C(C)(C)C)cc1C2CN. The van der Waals surface area contributed by atoms with E-state index in [1.54, 1.807) is 0 Å². The van der Waals surface area contributed by atoms with Crippen molar-refractivity contribution in [3.05, 3.63) is 58.7 Å². The first-order chi connectivity index (χ1) is 9.43. The summed E-state index contributed by atoms with van der Waals surface area (Å²) in [5.41, 5.74) is 14.6. The molecule has 0 amide bonds. The molecule has 1 nitrogen and oxygen atoms in total. The van der Waals surface area contributed by atoms with E-state index < -0.39 is 0 Å². The van der Waals surface area contributed by atoms with Crippen LogP contribution >= 0.6 is 0 Å². The van der Waals surface area contributed by atoms with E-state index in [1.165, 1.54) is 33.4 Å². The fourth-order valence-electron chi connectivity index (χ4n) is 3.32. The van der Waals surface area contributed by atoms with E-state index in [4.69, 9.17) is 5.73 Å². The van der Waals surface area contributed by atoms with E-state index in [-0.39, 0.29) is 5.41 Å². The van der Waals surface area contributed by atoms with Gasteiger partial charge in [-0.1, -0.05) is 57.2 Å². The highest BCUT2D eigenvalue weighted by molar-refractivity contribution is 5.81. The molecule has 0 aliphatic heterocycles. The van der Waals surface area contributed by atoms with Gasteiger partial charge in [-0.05, 0) is 45.7 Å². The van der Waals surface area contributed by atoms with Gasteiger partial charge in [0.1, 0.15) is 0 Å². The van der Waals surface area contributed by atoms with Crippen molar-refractivity contribution in [3.63, 3.8) is 0 Å². The Morgan fingerprint density at radius 2 is 1.80 bits per heavy atom. The highest BCUT2D eigenvalue weighted by Gasteiger charge is 2.29. The zero-order valence-corrected chi connectivity index (χ0v) is 12.8. The topological polar surface area (TPSA) is 26.0 Å². The zero-order chi connectivity index (χ0) is 14.5. The average molecular weight is 265 g/mol. The maximum absolute atomic E-state index is 6.07. The second-order valence-electron chi connectivity index (χ2n) is 6.88. The first-order valence-electron chi connectivity index (χ1n) is 7.38. The molecule has 0 saturated heterocycles. The lowest BCUT2D eigenvalue weighted by Gasteiger charge is -2.21. The Balaban J connectivity index is 2.25. The van der Waals surface area contributed by atoms with E-state index in [1.807, 2.05) is 0 Å². The van der Waals surface area contributed by atoms with Crippen molar-refractivity contribution in [1.82, 2.24) is 0 Å². The van der Waals surface area contributed by atoms with E-state index in [0.29, 0.717) is 12.5 Å². The van der Waals surface area contributed by atoms with E-state index in [0.717, 1.165) is 0 Å². The molecule has 1 aliphatic rings. The number of nitrogens with two attached hydrogens (primary N) is 1. The van der Waals surface area contributed by atoms with Crippen LogP contribution in [0.1, 0.15) is 48.9 Å². The maximum atomic E-state index is 6.07. The molecule has 0 saturated carbocycles. The van der Waals surface area contributed by atoms with Crippen LogP contribution in [0.4, 0.5) is 0 Å². The van der Waals surface area contributed by atoms with Crippen LogP contribution in [0.15, 0.2) is 36.4 Å². The van der Waals surface area contributed by atoms with Crippen molar-refractivity contribution < 1.29 is 0 Å². The van der Waals surface area contributed by atoms with E-state index >= 15 is 0 Å². The van der Waals surface area contributed by atoms with Gasteiger partial charge in [0.05, 0.1) is 0 Å². The molecule has 0 spiro atoms. The van der Waals surface area contributed by atoms with Crippen LogP contribution < -0.4 is 5.73 Å². The summed E-state index contributed by atoms with van der Waals surface area (Å²) < 4.78 is 0. The van der Waals surface area contributed by atoms with Crippen LogP contribution in [0, 0.1) is 6.92 Å². The molecule has 0 heterocycles. The van der Waals surface area contributed by atoms with Gasteiger partial charge in [0.25, 0.3) is 0 Å². The Kier molecular flexibility index (Phi) is 2.98. The van der Waals surface area contributed by atoms with Gasteiger partial charge in [0.2, 0.25) is 0 Å². The molecular weight excluding hydrogens is 242 g/mol. The van der Waals surface area contributed by atoms with Crippen LogP contribution in [0.2, 0.25) is 0 Å². The minimum absolute atomic E-state index is 0.179. The van der Waals surface area contributed by atoms with Crippen molar-refractivity contribution in [2.75, 3.05) is 6.54 Å². The fraction of sp³-hybridized carbons (Fsp3) is 0.368. The Bertz CT molecular complexity index is 662. The lowest BCUT2D eigenvalue weighted by Crippen LogP contribution is -2.14. The largest absolute Gasteiger partial charge is 0.330 e. The minimum atomic E-state index is 0.179. The first kappa shape index (κ1) is 13.4. The monoisotopic (exact) mass is 265 g/mol. The van der Waals surface area contributed by atoms with Crippen molar-refractivity contribution in [3.8, 4) is 11.1 Å². The predicted octanol–water partition coefficient (Wildman–Crippen LogP) is 4.36. The third-order valence-corrected chi connectivity index (χ3v) is 4.48. The van der Waals surface area contributed by atoms with Gasteiger partial charge in [0.15, 0.2) is 0 Å². The quantitative estimate of drug-likeness (QED) is 0.814. The lowest BCUT2D eigenvalue weighted by molar-refractivity contribution is 0.589. The summed E-state index contributed by atoms with van der Waals surface area (Å²) in [7, 11) is 0. The number of aryl methyl sites for hydroxylation is 1. The molecule has 2 N–H and O–H groups in total. The molecule has 1 aliphatic carbocycles. The van der Waals surface area contributed by atoms with E-state index in [2.05, 4.69) is 64.1 Å². The van der Waals surface area contributed by atoms with Crippen molar-refractivity contribution in [2.24, 2.45) is 5.73 Å². The van der Waals surface area contributed by atoms with Crippen LogP contribution in [0.25, 0.3) is 11.1 Å². The average Bonchev–Trinajstić information content (AvgIpc) is 2.71. The summed E-state index contributed by atoms with van der Waals surface area (Å²) >= 11 is 0. The molecule has 3 rings (SSSR count). The molecule has 1 unspecified atom stereocenters. The molecule has 0 aromatic heterocycles. The summed E-state index contributed by atoms with van der Waals surface area (Å²) in [6, 6.07) is 13.5. The number of hydrogen-bond donors (Lipinski definition) is 1. The van der Waals surface area contributed by atoms with E-state index in [9.17, 15) is 0 Å². The van der Waals surface area contributed by atoms with Gasteiger partial charge in [-0.2, -0.15) is 0 Å². The Morgan fingerprint density at radius 1 is 1.05 bits per heavy atom. The smallest absolute Gasteiger partial charge is 0.0225 e. The highest BCUT2D eigenvalue weighted by Crippen LogP contribution is 2.46. The Hall–Kier alpha value is -1.60. The standard InChI is InChI=1S/C19H23N/c1-12-6-5-7-14-17(11-20)16-10-13(19(2,3)4)8-9-15(16)18(12)14/h5-10,17H,11,20H2,1-4H3. The molecule has 0 radical (unpaired) electrons. The minimum Gasteiger partial charge on any atom is -0.330 e. The first-order valence-corrected chi connectivity index (χ1v) is 7.38. The summed E-state index contributed by atoms with van der Waals surface area (Å²) in [6.45, 7) is 9.66. The lowest BCUT2D eigenvalue weighted by atomic mass is 9.84. The van der Waals surface area contributed by atoms with Gasteiger partial charge < -0.3 is 5.73 Å². The summed E-state index contributed by atoms with van der Waals surface area (Å²) in [4.78, 5) is 0. The van der Waals surface area contributed by atoms with Gasteiger partial charge in [-0.15, -0.1) is 0 Å². The van der Waals surface area contributed by atoms with Crippen molar-refractivity contribution >= 4 is 0 Å². The van der Waals surface area contributed by atoms with Gasteiger partial charge in [0, 0.05) is 12.5 Å². The molecule has 20 heavy (non-hydrogen) atoms. The molecular formula is C19H23N. The summed E-state index contributed by atoms with van der Waals surface area (Å²) in [6.07, 6.45) is 0. The number of hydrogen-bond acceptors (Lipinski definition) is 1. The zero-order valence-electron chi connectivity index (χ0n) is 12.8. The van der Waals surface area contributed by atoms with Crippen molar-refractivity contribution in [1.29, 1.82) is 0 Å². The molecule has 2 aromatic carbocycles. The Labute approximate surface area is 121 Å². The second kappa shape index (κ2) is 4.46. The molecule has 0 fully saturated rings. The summed E-state index contributed by atoms with van der Waals surface area (Å²) in [5.74, 6) is 0.349. The highest BCUT2D eigenvalue weighted by atomic mass is 14.6. The van der Waals surface area contributed by atoms with Crippen LogP contribution in [-0.2, 0) is 5.41 Å². The Morgan fingerprint density at radius 3 is 2.45 bits per heavy atom. The van der Waals surface area contributed by atoms with Crippen LogP contribution in [-0.4, -0.2) is 6.54 Å². The molecule has 1 heteroatoms. The van der Waals surface area contributed by atoms with Gasteiger partial charge in [-0.3, -0.25) is 0 Å². The fourth-order valence-corrected chi connectivity index (χ4v) is 3.32.